The predicted molar refractivity (Wildman–Crippen MR) is 401 cm³/mol. The van der Waals surface area contributed by atoms with Crippen LogP contribution in [-0.4, -0.2) is 160 Å². The van der Waals surface area contributed by atoms with E-state index in [-0.39, 0.29) is 46.0 Å². The number of nitrogens with two attached hydrogens (primary N) is 10. The molecule has 4 fully saturated rings. The zero-order valence-electron chi connectivity index (χ0n) is 54.8. The highest BCUT2D eigenvalue weighted by atomic mass is 35.5. The second kappa shape index (κ2) is 34.6. The second-order valence-corrected chi connectivity index (χ2v) is 31.0. The smallest absolute Gasteiger partial charge is 0.158 e. The number of halogens is 6. The van der Waals surface area contributed by atoms with Gasteiger partial charge in [-0.25, -0.2) is 59.2 Å². The van der Waals surface area contributed by atoms with Crippen molar-refractivity contribution in [2.75, 3.05) is 133 Å². The zero-order valence-corrected chi connectivity index (χ0v) is 61.8. The highest BCUT2D eigenvalue weighted by molar-refractivity contribution is 8.00. The minimum absolute atomic E-state index is 0.0138. The van der Waals surface area contributed by atoms with Crippen LogP contribution in [0, 0.1) is 16.6 Å². The van der Waals surface area contributed by atoms with Crippen molar-refractivity contribution in [3.05, 3.63) is 105 Å². The number of aliphatic hydroxyl groups is 2. The van der Waals surface area contributed by atoms with Crippen molar-refractivity contribution in [2.24, 2.45) is 33.8 Å². The lowest BCUT2D eigenvalue weighted by Gasteiger charge is -2.39. The molecule has 4 aliphatic rings. The molecule has 12 rings (SSSR count). The third kappa shape index (κ3) is 20.2. The molecule has 8 aromatic rings. The lowest BCUT2D eigenvalue weighted by molar-refractivity contribution is 0.170. The Morgan fingerprint density at radius 2 is 0.770 bits per heavy atom. The lowest BCUT2D eigenvalue weighted by Crippen LogP contribution is -2.53. The molecular weight excluding hydrogens is 1470 g/mol. The fourth-order valence-corrected chi connectivity index (χ4v) is 14.8. The third-order valence-corrected chi connectivity index (χ3v) is 24.0. The molecule has 0 spiro atoms. The molecule has 4 saturated heterocycles. The standard InChI is InChI=1S/C16H21Cl2N7S.C16H21FN6S.C15H18Cl2N6OS.C15H20ClN7OS/c1-16(8-19)2-4-25(5-3-16)11-7-22-15(14(21)24-11)26-9-6-10(20)23-13(18)12(9)17;1-16(10-18)3-6-23(7-4-16)13-9-21-15(14(19)22-13)24-12-2-5-20-8-11(12)17;2*16-11-9(1-4-20-12(11)17)25-14-13(18)22-10(7-21-14)23-5-2-15(19,8-24)3-6-23/h6-7H,2-5,8,19H2,1H3,(H2,20,23)(H2,21,24);2,5,8-9H,3-4,6-7,10,18H2,1H3,(H2,19,22);1,4,7,24H,2-3,5-6,8,19H2,(H2,18,22);1,4,7,24H,2-3,5-6,8,19H2,(H2,17,20)(H2,18,22). The van der Waals surface area contributed by atoms with Crippen LogP contribution >= 0.6 is 105 Å². The van der Waals surface area contributed by atoms with E-state index < -0.39 is 16.9 Å². The minimum Gasteiger partial charge on any atom is -0.394 e. The number of anilines is 10. The van der Waals surface area contributed by atoms with Gasteiger partial charge in [0.2, 0.25) is 0 Å². The van der Waals surface area contributed by atoms with Crippen LogP contribution in [0.25, 0.3) is 0 Å². The Hall–Kier alpha value is -6.54. The van der Waals surface area contributed by atoms with Crippen molar-refractivity contribution in [1.82, 2.24) is 59.8 Å². The Morgan fingerprint density at radius 3 is 1.14 bits per heavy atom. The molecule has 28 nitrogen and oxygen atoms in total. The van der Waals surface area contributed by atoms with Crippen molar-refractivity contribution < 1.29 is 14.6 Å². The maximum Gasteiger partial charge on any atom is 0.158 e. The Labute approximate surface area is 620 Å². The van der Waals surface area contributed by atoms with E-state index >= 15 is 0 Å². The molecular formula is C62H80Cl5FN26O2S4. The van der Waals surface area contributed by atoms with E-state index in [0.29, 0.717) is 150 Å². The molecule has 0 saturated carbocycles. The molecule has 0 amide bonds. The Morgan fingerprint density at radius 1 is 0.430 bits per heavy atom. The summed E-state index contributed by atoms with van der Waals surface area (Å²) < 4.78 is 13.7. The summed E-state index contributed by atoms with van der Waals surface area (Å²) in [5.74, 6) is 4.34. The Bertz CT molecular complexity index is 3970. The van der Waals surface area contributed by atoms with Crippen LogP contribution in [0.4, 0.5) is 62.6 Å². The third-order valence-electron chi connectivity index (χ3n) is 17.5. The number of piperidine rings is 4. The van der Waals surface area contributed by atoms with E-state index in [1.165, 1.54) is 47.7 Å². The van der Waals surface area contributed by atoms with Crippen molar-refractivity contribution in [3.63, 3.8) is 0 Å². The van der Waals surface area contributed by atoms with E-state index in [2.05, 4.69) is 93.3 Å². The number of rotatable bonds is 16. The number of aromatic nitrogens is 12. The topological polar surface area (TPSA) is 468 Å². The summed E-state index contributed by atoms with van der Waals surface area (Å²) in [5.41, 5.74) is 59.0. The van der Waals surface area contributed by atoms with Gasteiger partial charge in [0.15, 0.2) is 34.2 Å². The van der Waals surface area contributed by atoms with E-state index in [1.807, 2.05) is 0 Å². The summed E-state index contributed by atoms with van der Waals surface area (Å²) in [6.07, 6.45) is 19.5. The van der Waals surface area contributed by atoms with Gasteiger partial charge in [-0.15, -0.1) is 0 Å². The highest BCUT2D eigenvalue weighted by Crippen LogP contribution is 2.42. The molecule has 100 heavy (non-hydrogen) atoms. The van der Waals surface area contributed by atoms with Gasteiger partial charge in [0, 0.05) is 96.7 Å². The van der Waals surface area contributed by atoms with Crippen LogP contribution in [0.5, 0.6) is 0 Å². The summed E-state index contributed by atoms with van der Waals surface area (Å²) in [6, 6.07) is 6.71. The first-order valence-electron chi connectivity index (χ1n) is 31.5. The number of hydrogen-bond acceptors (Lipinski definition) is 32. The number of nitrogen functional groups attached to an aromatic ring is 6. The van der Waals surface area contributed by atoms with Gasteiger partial charge in [-0.2, -0.15) is 0 Å². The van der Waals surface area contributed by atoms with Gasteiger partial charge in [0.25, 0.3) is 0 Å². The number of nitrogens with zero attached hydrogens (tertiary/aromatic N) is 16. The van der Waals surface area contributed by atoms with Gasteiger partial charge >= 0.3 is 0 Å². The van der Waals surface area contributed by atoms with E-state index in [1.54, 1.807) is 61.4 Å². The van der Waals surface area contributed by atoms with Crippen molar-refractivity contribution in [3.8, 4) is 0 Å². The molecule has 536 valence electrons. The molecule has 8 aromatic heterocycles. The van der Waals surface area contributed by atoms with Crippen molar-refractivity contribution in [2.45, 2.75) is 116 Å². The van der Waals surface area contributed by atoms with E-state index in [4.69, 9.17) is 115 Å². The molecule has 12 heterocycles. The lowest BCUT2D eigenvalue weighted by atomic mass is 9.80. The molecule has 0 unspecified atom stereocenters. The molecule has 0 aliphatic carbocycles. The molecule has 0 aromatic carbocycles. The van der Waals surface area contributed by atoms with Crippen LogP contribution in [0.3, 0.4) is 0 Å². The fourth-order valence-electron chi connectivity index (χ4n) is 10.5. The molecule has 0 radical (unpaired) electrons. The minimum atomic E-state index is -0.511. The van der Waals surface area contributed by atoms with E-state index in [9.17, 15) is 14.6 Å². The zero-order chi connectivity index (χ0) is 72.1. The molecule has 4 aliphatic heterocycles. The predicted octanol–water partition coefficient (Wildman–Crippen LogP) is 8.70. The Kier molecular flexibility index (Phi) is 26.9. The maximum atomic E-state index is 13.7. The molecule has 0 atom stereocenters. The molecule has 38 heteroatoms. The summed E-state index contributed by atoms with van der Waals surface area (Å²) in [6.45, 7) is 12.1. The molecule has 0 bridgehead atoms. The summed E-state index contributed by atoms with van der Waals surface area (Å²) >= 11 is 35.4. The highest BCUT2D eigenvalue weighted by Gasteiger charge is 2.34. The molecule has 22 N–H and O–H groups in total. The van der Waals surface area contributed by atoms with Crippen molar-refractivity contribution >= 4 is 163 Å². The fraction of sp³-hybridized carbons (Fsp3) is 0.419. The Balaban J connectivity index is 0.000000156. The van der Waals surface area contributed by atoms with Gasteiger partial charge in [-0.1, -0.05) is 119 Å². The van der Waals surface area contributed by atoms with Gasteiger partial charge in [0.1, 0.15) is 60.2 Å². The van der Waals surface area contributed by atoms with Gasteiger partial charge < -0.3 is 87.1 Å². The summed E-state index contributed by atoms with van der Waals surface area (Å²) in [7, 11) is 0. The monoisotopic (exact) mass is 1540 g/mol. The first-order chi connectivity index (χ1) is 47.6. The average molecular weight is 1550 g/mol. The first-order valence-corrected chi connectivity index (χ1v) is 36.6. The van der Waals surface area contributed by atoms with Crippen LogP contribution in [0.2, 0.25) is 25.4 Å². The van der Waals surface area contributed by atoms with Crippen LogP contribution in [0.1, 0.15) is 65.2 Å². The average Bonchev–Trinajstić information content (AvgIpc) is 0.828. The SMILES string of the molecule is CC1(CN)CCN(c2cnc(Sc3cc(N)nc(Cl)c3Cl)c(N)n2)CC1.CC1(CN)CCN(c2cnc(Sc3ccncc3F)c(N)n2)CC1.Nc1nc(N2CCC(N)(CO)CC2)cnc1Sc1ccnc(Cl)c1Cl.Nc1nc(N2CCC(N)(CO)CC2)cnc1Sc1ccnc(N)c1Cl. The van der Waals surface area contributed by atoms with Crippen molar-refractivity contribution in [1.29, 1.82) is 0 Å². The number of aliphatic hydroxyl groups excluding tert-OH is 2. The quantitative estimate of drug-likeness (QED) is 0.0402. The summed E-state index contributed by atoms with van der Waals surface area (Å²) in [4.78, 5) is 61.9. The van der Waals surface area contributed by atoms with E-state index in [0.717, 1.165) is 80.2 Å². The maximum absolute atomic E-state index is 13.7. The number of hydrogen-bond donors (Lipinski definition) is 12. The number of pyridine rings is 4. The first kappa shape index (κ1) is 77.6. The van der Waals surface area contributed by atoms with Gasteiger partial charge in [-0.05, 0) is 99.6 Å². The normalized spacial score (nSPS) is 16.9. The summed E-state index contributed by atoms with van der Waals surface area (Å²) in [5, 5.41) is 22.3. The van der Waals surface area contributed by atoms with Gasteiger partial charge in [-0.3, -0.25) is 4.98 Å². The van der Waals surface area contributed by atoms with Crippen LogP contribution < -0.4 is 76.9 Å². The van der Waals surface area contributed by atoms with Crippen LogP contribution in [-0.2, 0) is 0 Å². The van der Waals surface area contributed by atoms with Crippen LogP contribution in [0.15, 0.2) is 114 Å². The second-order valence-electron chi connectivity index (χ2n) is 25.0. The van der Waals surface area contributed by atoms with Gasteiger partial charge in [0.05, 0.1) is 64.2 Å². The largest absolute Gasteiger partial charge is 0.394 e.